The minimum atomic E-state index is -0.400. The zero-order valence-electron chi connectivity index (χ0n) is 21.9. The summed E-state index contributed by atoms with van der Waals surface area (Å²) in [5.74, 6) is 1.18. The third kappa shape index (κ3) is 6.39. The molecule has 3 aliphatic rings. The van der Waals surface area contributed by atoms with Gasteiger partial charge in [-0.3, -0.25) is 0 Å². The van der Waals surface area contributed by atoms with Crippen LogP contribution in [0.1, 0.15) is 98.8 Å². The molecule has 5 atom stereocenters. The zero-order chi connectivity index (χ0) is 24.2. The highest BCUT2D eigenvalue weighted by molar-refractivity contribution is 5.88. The number of hydrogen-bond acceptors (Lipinski definition) is 4. The van der Waals surface area contributed by atoms with Crippen molar-refractivity contribution in [1.82, 2.24) is 0 Å². The van der Waals surface area contributed by atoms with E-state index in [0.717, 1.165) is 25.0 Å². The Bertz CT molecular complexity index is 788. The molecule has 0 amide bonds. The minimum Gasteiger partial charge on any atom is -0.399 e. The van der Waals surface area contributed by atoms with Gasteiger partial charge in [-0.05, 0) is 81.5 Å². The van der Waals surface area contributed by atoms with Crippen molar-refractivity contribution >= 4 is 5.71 Å². The van der Waals surface area contributed by atoms with Crippen LogP contribution in [-0.4, -0.2) is 35.2 Å². The monoisotopic (exact) mass is 457 g/mol. The lowest BCUT2D eigenvalue weighted by molar-refractivity contribution is 0.0609. The molecular formula is C29H47NO3. The van der Waals surface area contributed by atoms with Crippen molar-refractivity contribution in [2.75, 3.05) is 7.11 Å². The Hall–Kier alpha value is -1.39. The summed E-state index contributed by atoms with van der Waals surface area (Å²) < 4.78 is 0. The molecule has 0 saturated heterocycles. The largest absolute Gasteiger partial charge is 0.399 e. The van der Waals surface area contributed by atoms with Gasteiger partial charge in [0, 0.05) is 5.41 Å². The van der Waals surface area contributed by atoms with Crippen molar-refractivity contribution in [2.45, 2.75) is 111 Å². The predicted octanol–water partition coefficient (Wildman–Crippen LogP) is 6.74. The van der Waals surface area contributed by atoms with Crippen LogP contribution in [0.3, 0.4) is 0 Å². The third-order valence-electron chi connectivity index (χ3n) is 8.33. The molecule has 2 fully saturated rings. The molecule has 0 unspecified atom stereocenters. The summed E-state index contributed by atoms with van der Waals surface area (Å²) in [5.41, 5.74) is 5.87. The van der Waals surface area contributed by atoms with Crippen LogP contribution in [0, 0.1) is 22.7 Å². The lowest BCUT2D eigenvalue weighted by atomic mass is 9.62. The van der Waals surface area contributed by atoms with Crippen LogP contribution in [0.4, 0.5) is 0 Å². The fraction of sp³-hybridized carbons (Fsp3) is 0.759. The number of rotatable bonds is 7. The zero-order valence-corrected chi connectivity index (χ0v) is 21.9. The fourth-order valence-electron chi connectivity index (χ4n) is 6.55. The van der Waals surface area contributed by atoms with Gasteiger partial charge in [0.15, 0.2) is 0 Å². The Kier molecular flexibility index (Phi) is 8.66. The van der Waals surface area contributed by atoms with Gasteiger partial charge in [-0.1, -0.05) is 74.7 Å². The SMILES string of the molecule is CO/N=C(\CCC[C@@H](C)C1=CC[C@H]2/C(=C/C=C3C[C@@H](O)C[C@H](O)C3)CCC[C@]12C)C(C)(C)C. The Balaban J connectivity index is 1.64. The molecule has 0 radical (unpaired) electrons. The number of fused-ring (bicyclic) bond motifs is 1. The molecule has 4 nitrogen and oxygen atoms in total. The second kappa shape index (κ2) is 10.9. The summed E-state index contributed by atoms with van der Waals surface area (Å²) >= 11 is 0. The van der Waals surface area contributed by atoms with Gasteiger partial charge < -0.3 is 15.1 Å². The quantitative estimate of drug-likeness (QED) is 0.253. The second-order valence-corrected chi connectivity index (χ2v) is 12.0. The molecule has 0 spiro atoms. The molecule has 3 aliphatic carbocycles. The van der Waals surface area contributed by atoms with Crippen LogP contribution >= 0.6 is 0 Å². The second-order valence-electron chi connectivity index (χ2n) is 12.0. The average molecular weight is 458 g/mol. The number of allylic oxidation sites excluding steroid dienone is 5. The van der Waals surface area contributed by atoms with Crippen molar-refractivity contribution in [3.8, 4) is 0 Å². The van der Waals surface area contributed by atoms with Crippen molar-refractivity contribution in [1.29, 1.82) is 0 Å². The summed E-state index contributed by atoms with van der Waals surface area (Å²) in [5, 5.41) is 24.3. The van der Waals surface area contributed by atoms with Crippen LogP contribution in [-0.2, 0) is 4.84 Å². The maximum Gasteiger partial charge on any atom is 0.106 e. The van der Waals surface area contributed by atoms with E-state index >= 15 is 0 Å². The number of aliphatic hydroxyl groups excluding tert-OH is 2. The van der Waals surface area contributed by atoms with E-state index in [9.17, 15) is 10.2 Å². The van der Waals surface area contributed by atoms with E-state index in [1.165, 1.54) is 31.3 Å². The van der Waals surface area contributed by atoms with E-state index in [2.05, 4.69) is 58.0 Å². The van der Waals surface area contributed by atoms with E-state index in [0.29, 0.717) is 31.1 Å². The molecule has 0 aliphatic heterocycles. The first kappa shape index (κ1) is 26.2. The molecule has 3 rings (SSSR count). The normalized spacial score (nSPS) is 33.0. The molecule has 0 bridgehead atoms. The van der Waals surface area contributed by atoms with Crippen LogP contribution in [0.2, 0.25) is 0 Å². The smallest absolute Gasteiger partial charge is 0.106 e. The van der Waals surface area contributed by atoms with Gasteiger partial charge in [0.1, 0.15) is 7.11 Å². The maximum absolute atomic E-state index is 10.0. The van der Waals surface area contributed by atoms with Crippen LogP contribution in [0.25, 0.3) is 0 Å². The Morgan fingerprint density at radius 1 is 1.24 bits per heavy atom. The van der Waals surface area contributed by atoms with Gasteiger partial charge >= 0.3 is 0 Å². The molecule has 0 aromatic rings. The molecule has 186 valence electrons. The lowest BCUT2D eigenvalue weighted by Crippen LogP contribution is -2.32. The van der Waals surface area contributed by atoms with E-state index in [1.807, 2.05) is 0 Å². The molecule has 2 N–H and O–H groups in total. The number of oxime groups is 1. The van der Waals surface area contributed by atoms with Crippen molar-refractivity contribution in [2.24, 2.45) is 27.8 Å². The predicted molar refractivity (Wildman–Crippen MR) is 137 cm³/mol. The molecule has 33 heavy (non-hydrogen) atoms. The number of hydrogen-bond donors (Lipinski definition) is 2. The molecule has 0 aromatic carbocycles. The number of nitrogens with zero attached hydrogens (tertiary/aromatic N) is 1. The number of aliphatic hydroxyl groups is 2. The van der Waals surface area contributed by atoms with Gasteiger partial charge in [0.05, 0.1) is 17.9 Å². The topological polar surface area (TPSA) is 62.0 Å². The molecule has 0 heterocycles. The lowest BCUT2D eigenvalue weighted by Gasteiger charge is -2.42. The van der Waals surface area contributed by atoms with Gasteiger partial charge in [0.2, 0.25) is 0 Å². The van der Waals surface area contributed by atoms with Gasteiger partial charge in [0.25, 0.3) is 0 Å². The van der Waals surface area contributed by atoms with Crippen molar-refractivity contribution < 1.29 is 15.1 Å². The van der Waals surface area contributed by atoms with Crippen molar-refractivity contribution in [3.05, 3.63) is 34.9 Å². The maximum atomic E-state index is 10.0. The first-order valence-electron chi connectivity index (χ1n) is 13.1. The van der Waals surface area contributed by atoms with E-state index < -0.39 is 12.2 Å². The van der Waals surface area contributed by atoms with Gasteiger partial charge in [-0.25, -0.2) is 0 Å². The van der Waals surface area contributed by atoms with Crippen LogP contribution in [0.15, 0.2) is 40.1 Å². The average Bonchev–Trinajstić information content (AvgIpc) is 3.07. The van der Waals surface area contributed by atoms with Gasteiger partial charge in [-0.2, -0.15) is 0 Å². The van der Waals surface area contributed by atoms with Crippen LogP contribution in [0.5, 0.6) is 0 Å². The van der Waals surface area contributed by atoms with E-state index in [1.54, 1.807) is 18.3 Å². The summed E-state index contributed by atoms with van der Waals surface area (Å²) in [6.45, 7) is 11.5. The summed E-state index contributed by atoms with van der Waals surface area (Å²) in [7, 11) is 1.64. The Morgan fingerprint density at radius 3 is 2.58 bits per heavy atom. The summed E-state index contributed by atoms with van der Waals surface area (Å²) in [4.78, 5) is 5.10. The van der Waals surface area contributed by atoms with E-state index in [4.69, 9.17) is 4.84 Å². The fourth-order valence-corrected chi connectivity index (χ4v) is 6.55. The summed E-state index contributed by atoms with van der Waals surface area (Å²) in [6, 6.07) is 0. The third-order valence-corrected chi connectivity index (χ3v) is 8.33. The first-order chi connectivity index (χ1) is 15.5. The first-order valence-corrected chi connectivity index (χ1v) is 13.1. The van der Waals surface area contributed by atoms with Crippen LogP contribution < -0.4 is 0 Å². The Labute approximate surface area is 201 Å². The van der Waals surface area contributed by atoms with E-state index in [-0.39, 0.29) is 10.8 Å². The molecule has 2 saturated carbocycles. The highest BCUT2D eigenvalue weighted by Gasteiger charge is 2.45. The molecule has 4 heteroatoms. The van der Waals surface area contributed by atoms with Gasteiger partial charge in [-0.15, -0.1) is 0 Å². The molecular weight excluding hydrogens is 410 g/mol. The standard InChI is InChI=1S/C29H47NO3/c1-20(9-7-11-27(30-33-6)28(2,3)4)25-14-15-26-22(10-8-16-29(25,26)5)13-12-21-17-23(31)19-24(32)18-21/h12-14,20,23-24,26,31-32H,7-11,15-19H2,1-6H3/b22-13+,30-27+/t20-,23-,24-,26+,29-/m1/s1. The van der Waals surface area contributed by atoms with Crippen molar-refractivity contribution in [3.63, 3.8) is 0 Å². The summed E-state index contributed by atoms with van der Waals surface area (Å²) in [6.07, 6.45) is 16.3. The molecule has 0 aromatic heterocycles. The highest BCUT2D eigenvalue weighted by Crippen LogP contribution is 2.57. The highest BCUT2D eigenvalue weighted by atomic mass is 16.6. The Morgan fingerprint density at radius 2 is 1.94 bits per heavy atom. The minimum absolute atomic E-state index is 0.0466.